The van der Waals surface area contributed by atoms with Gasteiger partial charge in [-0.2, -0.15) is 4.31 Å². The summed E-state index contributed by atoms with van der Waals surface area (Å²) in [5.74, 6) is -0.359. The normalized spacial score (nSPS) is 17.1. The smallest absolute Gasteiger partial charge is 0.322 e. The number of halogens is 1. The van der Waals surface area contributed by atoms with Crippen molar-refractivity contribution in [2.45, 2.75) is 35.1 Å². The summed E-state index contributed by atoms with van der Waals surface area (Å²) in [7, 11) is -7.18. The molecule has 4 rings (SSSR count). The molecule has 1 aromatic heterocycles. The van der Waals surface area contributed by atoms with Gasteiger partial charge in [0.2, 0.25) is 21.8 Å². The number of hydrogen-bond donors (Lipinski definition) is 1. The molecule has 1 amide bonds. The van der Waals surface area contributed by atoms with Gasteiger partial charge in [0.25, 0.3) is 0 Å². The van der Waals surface area contributed by atoms with Crippen molar-refractivity contribution in [1.29, 1.82) is 0 Å². The second kappa shape index (κ2) is 9.45. The molecule has 10 nitrogen and oxygen atoms in total. The lowest BCUT2D eigenvalue weighted by molar-refractivity contribution is -0.119. The van der Waals surface area contributed by atoms with Crippen molar-refractivity contribution < 1.29 is 26.0 Å². The molecule has 0 spiro atoms. The minimum absolute atomic E-state index is 0.0542. The van der Waals surface area contributed by atoms with E-state index in [4.69, 9.17) is 16.0 Å². The van der Waals surface area contributed by atoms with Crippen LogP contribution >= 0.6 is 11.6 Å². The Hall–Kier alpha value is -2.80. The van der Waals surface area contributed by atoms with E-state index in [1.54, 1.807) is 12.1 Å². The van der Waals surface area contributed by atoms with E-state index in [1.807, 2.05) is 0 Å². The van der Waals surface area contributed by atoms with Crippen LogP contribution in [0.3, 0.4) is 0 Å². The van der Waals surface area contributed by atoms with E-state index in [0.29, 0.717) is 17.9 Å². The number of anilines is 1. The maximum absolute atomic E-state index is 13.0. The lowest BCUT2D eigenvalue weighted by Gasteiger charge is -2.22. The first kappa shape index (κ1) is 24.3. The Morgan fingerprint density at radius 2 is 1.71 bits per heavy atom. The van der Waals surface area contributed by atoms with Crippen LogP contribution in [-0.4, -0.2) is 56.1 Å². The number of amides is 1. The van der Waals surface area contributed by atoms with Crippen LogP contribution in [0.4, 0.5) is 6.01 Å². The quantitative estimate of drug-likeness (QED) is 0.497. The van der Waals surface area contributed by atoms with Crippen molar-refractivity contribution in [3.05, 3.63) is 65.0 Å². The highest BCUT2D eigenvalue weighted by Crippen LogP contribution is 2.27. The number of sulfone groups is 1. The van der Waals surface area contributed by atoms with E-state index in [9.17, 15) is 21.6 Å². The molecule has 1 saturated heterocycles. The summed E-state index contributed by atoms with van der Waals surface area (Å²) >= 11 is 5.85. The Bertz CT molecular complexity index is 1400. The first-order valence-electron chi connectivity index (χ1n) is 10.2. The summed E-state index contributed by atoms with van der Waals surface area (Å²) in [6.45, 7) is 0.210. The van der Waals surface area contributed by atoms with Crippen LogP contribution in [0.1, 0.15) is 24.3 Å². The molecule has 34 heavy (non-hydrogen) atoms. The summed E-state index contributed by atoms with van der Waals surface area (Å²) in [5.41, 5.74) is 0.741. The standard InChI is InChI=1S/C21H21ClN4O6S2/c1-33(28,29)16-8-4-14(5-9-16)13-19-24-25-21(32-19)23-20(27)18-3-2-12-26(18)34(30,31)17-10-6-15(22)7-11-17/h4-11,18H,2-3,12-13H2,1H3,(H,23,25,27). The fourth-order valence-corrected chi connectivity index (χ4v) is 6.04. The zero-order valence-electron chi connectivity index (χ0n) is 18.0. The lowest BCUT2D eigenvalue weighted by Crippen LogP contribution is -2.43. The second-order valence-corrected chi connectivity index (χ2v) is 12.2. The first-order chi connectivity index (χ1) is 16.0. The second-order valence-electron chi connectivity index (χ2n) is 7.81. The number of rotatable bonds is 7. The molecule has 1 atom stereocenters. The van der Waals surface area contributed by atoms with Gasteiger partial charge in [-0.25, -0.2) is 16.8 Å². The summed E-state index contributed by atoms with van der Waals surface area (Å²) in [6, 6.07) is 10.9. The van der Waals surface area contributed by atoms with Gasteiger partial charge in [0.1, 0.15) is 6.04 Å². The predicted octanol–water partition coefficient (Wildman–Crippen LogP) is 2.51. The fourth-order valence-electron chi connectivity index (χ4n) is 3.63. The van der Waals surface area contributed by atoms with E-state index >= 15 is 0 Å². The average Bonchev–Trinajstić information content (AvgIpc) is 3.44. The van der Waals surface area contributed by atoms with Crippen LogP contribution in [0.15, 0.2) is 62.7 Å². The van der Waals surface area contributed by atoms with E-state index in [1.165, 1.54) is 36.4 Å². The lowest BCUT2D eigenvalue weighted by atomic mass is 10.1. The average molecular weight is 525 g/mol. The molecule has 3 aromatic rings. The zero-order chi connectivity index (χ0) is 24.5. The van der Waals surface area contributed by atoms with E-state index < -0.39 is 31.8 Å². The molecular formula is C21H21ClN4O6S2. The maximum atomic E-state index is 13.0. The summed E-state index contributed by atoms with van der Waals surface area (Å²) in [5, 5.41) is 10.6. The predicted molar refractivity (Wildman–Crippen MR) is 124 cm³/mol. The summed E-state index contributed by atoms with van der Waals surface area (Å²) in [4.78, 5) is 13.1. The Kier molecular flexibility index (Phi) is 6.76. The molecule has 2 heterocycles. The molecule has 0 saturated carbocycles. The third kappa shape index (κ3) is 5.30. The largest absolute Gasteiger partial charge is 0.407 e. The number of hydrogen-bond acceptors (Lipinski definition) is 8. The minimum atomic E-state index is -3.89. The van der Waals surface area contributed by atoms with Gasteiger partial charge in [-0.1, -0.05) is 28.8 Å². The van der Waals surface area contributed by atoms with Crippen LogP contribution in [0, 0.1) is 0 Å². The minimum Gasteiger partial charge on any atom is -0.407 e. The molecule has 2 aromatic carbocycles. The molecule has 0 radical (unpaired) electrons. The van der Waals surface area contributed by atoms with Crippen molar-refractivity contribution in [3.63, 3.8) is 0 Å². The highest BCUT2D eigenvalue weighted by molar-refractivity contribution is 7.90. The number of carbonyl (C=O) groups excluding carboxylic acids is 1. The first-order valence-corrected chi connectivity index (χ1v) is 13.9. The molecule has 0 bridgehead atoms. The van der Waals surface area contributed by atoms with Crippen molar-refractivity contribution in [3.8, 4) is 0 Å². The monoisotopic (exact) mass is 524 g/mol. The van der Waals surface area contributed by atoms with Gasteiger partial charge in [0, 0.05) is 17.8 Å². The van der Waals surface area contributed by atoms with Crippen molar-refractivity contribution in [2.75, 3.05) is 18.1 Å². The number of benzene rings is 2. The van der Waals surface area contributed by atoms with Gasteiger partial charge in [-0.3, -0.25) is 10.1 Å². The van der Waals surface area contributed by atoms with Crippen LogP contribution < -0.4 is 5.32 Å². The number of nitrogens with zero attached hydrogens (tertiary/aromatic N) is 3. The molecule has 1 N–H and O–H groups in total. The highest BCUT2D eigenvalue weighted by atomic mass is 35.5. The Balaban J connectivity index is 1.43. The third-order valence-corrected chi connectivity index (χ3v) is 8.63. The SMILES string of the molecule is CS(=O)(=O)c1ccc(Cc2nnc(NC(=O)C3CCCN3S(=O)(=O)c3ccc(Cl)cc3)o2)cc1. The molecule has 1 fully saturated rings. The van der Waals surface area contributed by atoms with E-state index in [0.717, 1.165) is 16.1 Å². The maximum Gasteiger partial charge on any atom is 0.322 e. The fraction of sp³-hybridized carbons (Fsp3) is 0.286. The number of carbonyl (C=O) groups is 1. The van der Waals surface area contributed by atoms with Crippen LogP contribution in [-0.2, 0) is 31.1 Å². The van der Waals surface area contributed by atoms with E-state index in [-0.39, 0.29) is 34.7 Å². The molecular weight excluding hydrogens is 504 g/mol. The van der Waals surface area contributed by atoms with Gasteiger partial charge < -0.3 is 4.42 Å². The Morgan fingerprint density at radius 1 is 1.06 bits per heavy atom. The highest BCUT2D eigenvalue weighted by Gasteiger charge is 2.39. The molecule has 1 unspecified atom stereocenters. The summed E-state index contributed by atoms with van der Waals surface area (Å²) < 4.78 is 55.8. The van der Waals surface area contributed by atoms with Gasteiger partial charge in [-0.15, -0.1) is 5.10 Å². The zero-order valence-corrected chi connectivity index (χ0v) is 20.4. The molecule has 1 aliphatic rings. The van der Waals surface area contributed by atoms with Crippen LogP contribution in [0.25, 0.3) is 0 Å². The van der Waals surface area contributed by atoms with Crippen molar-refractivity contribution in [2.24, 2.45) is 0 Å². The van der Waals surface area contributed by atoms with Gasteiger partial charge in [-0.05, 0) is 54.8 Å². The number of aromatic nitrogens is 2. The van der Waals surface area contributed by atoms with Gasteiger partial charge in [0.15, 0.2) is 9.84 Å². The Morgan fingerprint density at radius 3 is 2.35 bits per heavy atom. The molecule has 13 heteroatoms. The van der Waals surface area contributed by atoms with Crippen LogP contribution in [0.5, 0.6) is 0 Å². The van der Waals surface area contributed by atoms with Gasteiger partial charge in [0.05, 0.1) is 16.2 Å². The van der Waals surface area contributed by atoms with Gasteiger partial charge >= 0.3 is 6.01 Å². The third-order valence-electron chi connectivity index (χ3n) is 5.33. The summed E-state index contributed by atoms with van der Waals surface area (Å²) in [6.07, 6.45) is 2.24. The van der Waals surface area contributed by atoms with Crippen molar-refractivity contribution >= 4 is 43.4 Å². The number of sulfonamides is 1. The molecule has 1 aliphatic heterocycles. The van der Waals surface area contributed by atoms with Crippen molar-refractivity contribution in [1.82, 2.24) is 14.5 Å². The topological polar surface area (TPSA) is 140 Å². The Labute approximate surface area is 201 Å². The number of nitrogens with one attached hydrogen (secondary N) is 1. The molecule has 0 aliphatic carbocycles. The van der Waals surface area contributed by atoms with Crippen LogP contribution in [0.2, 0.25) is 5.02 Å². The van der Waals surface area contributed by atoms with E-state index in [2.05, 4.69) is 15.5 Å². The molecule has 180 valence electrons.